The summed E-state index contributed by atoms with van der Waals surface area (Å²) in [5, 5.41) is 6.47. The van der Waals surface area contributed by atoms with Crippen LogP contribution in [0, 0.1) is 6.92 Å². The largest absolute Gasteiger partial charge is 0.495 e. The highest BCUT2D eigenvalue weighted by Crippen LogP contribution is 2.26. The predicted octanol–water partition coefficient (Wildman–Crippen LogP) is 3.54. The molecule has 0 unspecified atom stereocenters. The van der Waals surface area contributed by atoms with E-state index >= 15 is 0 Å². The summed E-state index contributed by atoms with van der Waals surface area (Å²) < 4.78 is 5.34. The van der Waals surface area contributed by atoms with E-state index in [1.165, 1.54) is 0 Å². The number of para-hydroxylation sites is 2. The maximum Gasteiger partial charge on any atom is 0.229 e. The van der Waals surface area contributed by atoms with Crippen LogP contribution in [0.25, 0.3) is 0 Å². The molecule has 0 spiro atoms. The molecule has 6 heteroatoms. The van der Waals surface area contributed by atoms with Gasteiger partial charge in [0.1, 0.15) is 11.6 Å². The Hall–Kier alpha value is -3.15. The summed E-state index contributed by atoms with van der Waals surface area (Å²) in [5.41, 5.74) is 2.64. The Balaban J connectivity index is 1.76. The van der Waals surface area contributed by atoms with Crippen molar-refractivity contribution in [1.29, 1.82) is 0 Å². The molecule has 0 atom stereocenters. The van der Waals surface area contributed by atoms with Crippen molar-refractivity contribution in [3.63, 3.8) is 0 Å². The summed E-state index contributed by atoms with van der Waals surface area (Å²) in [6.45, 7) is 2.53. The van der Waals surface area contributed by atoms with Gasteiger partial charge in [0.05, 0.1) is 25.0 Å². The topological polar surface area (TPSA) is 72.0 Å². The highest BCUT2D eigenvalue weighted by molar-refractivity contribution is 5.63. The third-order valence-corrected chi connectivity index (χ3v) is 3.38. The van der Waals surface area contributed by atoms with Gasteiger partial charge in [0.15, 0.2) is 0 Å². The van der Waals surface area contributed by atoms with Gasteiger partial charge in [0, 0.05) is 18.0 Å². The number of ether oxygens (including phenoxy) is 1. The molecule has 0 radical (unpaired) electrons. The van der Waals surface area contributed by atoms with Gasteiger partial charge in [-0.25, -0.2) is 4.98 Å². The van der Waals surface area contributed by atoms with Crippen molar-refractivity contribution in [3.8, 4) is 5.75 Å². The van der Waals surface area contributed by atoms with Crippen LogP contribution in [-0.2, 0) is 6.54 Å². The second-order valence-corrected chi connectivity index (χ2v) is 5.22. The normalized spacial score (nSPS) is 10.2. The number of nitrogens with one attached hydrogen (secondary N) is 2. The first-order valence-corrected chi connectivity index (χ1v) is 7.64. The van der Waals surface area contributed by atoms with Gasteiger partial charge in [0.25, 0.3) is 0 Å². The van der Waals surface area contributed by atoms with Crippen LogP contribution in [0.3, 0.4) is 0 Å². The standard InChI is InChI=1S/C18H19N5O/c1-13-11-17(20-12-14-7-5-6-10-19-14)23-18(21-13)22-15-8-3-4-9-16(15)24-2/h3-11H,12H2,1-2H3,(H2,20,21,22,23). The molecule has 0 saturated carbocycles. The Bertz CT molecular complexity index is 808. The minimum atomic E-state index is 0.517. The lowest BCUT2D eigenvalue weighted by atomic mass is 10.3. The van der Waals surface area contributed by atoms with E-state index in [-0.39, 0.29) is 0 Å². The van der Waals surface area contributed by atoms with E-state index in [1.807, 2.05) is 55.5 Å². The lowest BCUT2D eigenvalue weighted by molar-refractivity contribution is 0.417. The van der Waals surface area contributed by atoms with Gasteiger partial charge < -0.3 is 15.4 Å². The number of rotatable bonds is 6. The highest BCUT2D eigenvalue weighted by atomic mass is 16.5. The van der Waals surface area contributed by atoms with Crippen molar-refractivity contribution in [1.82, 2.24) is 15.0 Å². The minimum Gasteiger partial charge on any atom is -0.495 e. The Kier molecular flexibility index (Phi) is 4.86. The minimum absolute atomic E-state index is 0.517. The smallest absolute Gasteiger partial charge is 0.229 e. The summed E-state index contributed by atoms with van der Waals surface area (Å²) in [5.74, 6) is 2.00. The first kappa shape index (κ1) is 15.7. The molecule has 3 aromatic rings. The highest BCUT2D eigenvalue weighted by Gasteiger charge is 2.06. The summed E-state index contributed by atoms with van der Waals surface area (Å²) in [6, 6.07) is 15.4. The summed E-state index contributed by atoms with van der Waals surface area (Å²) in [6.07, 6.45) is 1.77. The van der Waals surface area contributed by atoms with Crippen LogP contribution < -0.4 is 15.4 Å². The van der Waals surface area contributed by atoms with Gasteiger partial charge in [-0.3, -0.25) is 4.98 Å². The van der Waals surface area contributed by atoms with Crippen molar-refractivity contribution >= 4 is 17.5 Å². The molecule has 2 heterocycles. The molecule has 0 bridgehead atoms. The molecule has 0 aliphatic heterocycles. The molecule has 6 nitrogen and oxygen atoms in total. The van der Waals surface area contributed by atoms with Crippen LogP contribution in [0.5, 0.6) is 5.75 Å². The molecule has 0 aliphatic carbocycles. The fourth-order valence-corrected chi connectivity index (χ4v) is 2.27. The van der Waals surface area contributed by atoms with Crippen LogP contribution >= 0.6 is 0 Å². The Labute approximate surface area is 141 Å². The number of aromatic nitrogens is 3. The van der Waals surface area contributed by atoms with E-state index in [1.54, 1.807) is 13.3 Å². The average molecular weight is 321 g/mol. The fourth-order valence-electron chi connectivity index (χ4n) is 2.27. The zero-order valence-corrected chi connectivity index (χ0v) is 13.7. The second kappa shape index (κ2) is 7.41. The van der Waals surface area contributed by atoms with Gasteiger partial charge in [-0.05, 0) is 31.2 Å². The average Bonchev–Trinajstić information content (AvgIpc) is 2.61. The third-order valence-electron chi connectivity index (χ3n) is 3.38. The lowest BCUT2D eigenvalue weighted by Gasteiger charge is -2.12. The molecule has 1 aromatic carbocycles. The molecule has 24 heavy (non-hydrogen) atoms. The first-order valence-electron chi connectivity index (χ1n) is 7.64. The van der Waals surface area contributed by atoms with Gasteiger partial charge in [-0.15, -0.1) is 0 Å². The molecule has 122 valence electrons. The number of methoxy groups -OCH3 is 1. The van der Waals surface area contributed by atoms with Crippen LogP contribution in [0.2, 0.25) is 0 Å². The zero-order chi connectivity index (χ0) is 16.8. The lowest BCUT2D eigenvalue weighted by Crippen LogP contribution is -2.06. The maximum absolute atomic E-state index is 5.34. The van der Waals surface area contributed by atoms with Gasteiger partial charge >= 0.3 is 0 Å². The molecule has 3 rings (SSSR count). The number of hydrogen-bond donors (Lipinski definition) is 2. The maximum atomic E-state index is 5.34. The Morgan fingerprint density at radius 2 is 1.88 bits per heavy atom. The predicted molar refractivity (Wildman–Crippen MR) is 94.6 cm³/mol. The molecular formula is C18H19N5O. The number of nitrogens with zero attached hydrogens (tertiary/aromatic N) is 3. The molecule has 0 saturated heterocycles. The van der Waals surface area contributed by atoms with Gasteiger partial charge in [-0.1, -0.05) is 18.2 Å². The van der Waals surface area contributed by atoms with Crippen LogP contribution in [0.15, 0.2) is 54.7 Å². The van der Waals surface area contributed by atoms with Crippen molar-refractivity contribution in [2.45, 2.75) is 13.5 Å². The van der Waals surface area contributed by atoms with Crippen molar-refractivity contribution in [2.75, 3.05) is 17.7 Å². The third kappa shape index (κ3) is 3.98. The molecule has 0 amide bonds. The van der Waals surface area contributed by atoms with E-state index in [4.69, 9.17) is 4.74 Å². The molecule has 0 fully saturated rings. The second-order valence-electron chi connectivity index (χ2n) is 5.22. The van der Waals surface area contributed by atoms with Crippen LogP contribution in [-0.4, -0.2) is 22.1 Å². The molecule has 2 aromatic heterocycles. The van der Waals surface area contributed by atoms with Crippen molar-refractivity contribution < 1.29 is 4.74 Å². The summed E-state index contributed by atoms with van der Waals surface area (Å²) >= 11 is 0. The van der Waals surface area contributed by atoms with E-state index in [2.05, 4.69) is 25.6 Å². The fraction of sp³-hybridized carbons (Fsp3) is 0.167. The van der Waals surface area contributed by atoms with E-state index < -0.39 is 0 Å². The van der Waals surface area contributed by atoms with E-state index in [0.717, 1.165) is 28.6 Å². The van der Waals surface area contributed by atoms with E-state index in [9.17, 15) is 0 Å². The number of aryl methyl sites for hydroxylation is 1. The van der Waals surface area contributed by atoms with Gasteiger partial charge in [0.2, 0.25) is 5.95 Å². The summed E-state index contributed by atoms with van der Waals surface area (Å²) in [4.78, 5) is 13.2. The Morgan fingerprint density at radius 1 is 1.04 bits per heavy atom. The first-order chi connectivity index (χ1) is 11.7. The molecular weight excluding hydrogens is 302 g/mol. The quantitative estimate of drug-likeness (QED) is 0.723. The molecule has 0 aliphatic rings. The monoisotopic (exact) mass is 321 g/mol. The van der Waals surface area contributed by atoms with Crippen LogP contribution in [0.4, 0.5) is 17.5 Å². The number of benzene rings is 1. The zero-order valence-electron chi connectivity index (χ0n) is 13.7. The van der Waals surface area contributed by atoms with Gasteiger partial charge in [-0.2, -0.15) is 4.98 Å². The van der Waals surface area contributed by atoms with Crippen LogP contribution in [0.1, 0.15) is 11.4 Å². The SMILES string of the molecule is COc1ccccc1Nc1nc(C)cc(NCc2ccccn2)n1. The summed E-state index contributed by atoms with van der Waals surface area (Å²) in [7, 11) is 1.64. The number of pyridine rings is 1. The number of anilines is 3. The molecule has 2 N–H and O–H groups in total. The van der Waals surface area contributed by atoms with Crippen molar-refractivity contribution in [3.05, 3.63) is 66.1 Å². The number of hydrogen-bond acceptors (Lipinski definition) is 6. The van der Waals surface area contributed by atoms with E-state index in [0.29, 0.717) is 12.5 Å². The van der Waals surface area contributed by atoms with Crippen molar-refractivity contribution in [2.24, 2.45) is 0 Å². The Morgan fingerprint density at radius 3 is 2.67 bits per heavy atom.